The summed E-state index contributed by atoms with van der Waals surface area (Å²) in [5.74, 6) is -4.20. The largest absolute Gasteiger partial charge is 0.379 e. The molecule has 1 unspecified atom stereocenters. The fourth-order valence-electron chi connectivity index (χ4n) is 9.11. The molecule has 0 aliphatic carbocycles. The molecule has 0 saturated carbocycles. The first kappa shape index (κ1) is 60.3. The number of carbonyl (C=O) groups excluding carboxylic acids is 7. The van der Waals surface area contributed by atoms with E-state index in [0.29, 0.717) is 25.8 Å². The molecule has 1 fully saturated rings. The normalized spacial score (nSPS) is 17.9. The highest BCUT2D eigenvalue weighted by Gasteiger charge is 2.43. The lowest BCUT2D eigenvalue weighted by atomic mass is 9.88. The van der Waals surface area contributed by atoms with Gasteiger partial charge in [0.15, 0.2) is 0 Å². The molecule has 3 heterocycles. The molecule has 0 spiro atoms. The number of thiazole rings is 1. The van der Waals surface area contributed by atoms with Gasteiger partial charge in [0.2, 0.25) is 23.6 Å². The Labute approximate surface area is 435 Å². The third-order valence-electron chi connectivity index (χ3n) is 13.5. The molecule has 1 aromatic heterocycles. The lowest BCUT2D eigenvalue weighted by Gasteiger charge is -2.40. The number of rotatable bonds is 32. The zero-order chi connectivity index (χ0) is 53.7. The van der Waals surface area contributed by atoms with Crippen molar-refractivity contribution in [3.05, 3.63) is 64.6 Å². The molecule has 0 radical (unpaired) electrons. The van der Waals surface area contributed by atoms with Crippen LogP contribution in [0.4, 0.5) is 0 Å². The van der Waals surface area contributed by atoms with Crippen molar-refractivity contribution >= 4 is 58.9 Å². The van der Waals surface area contributed by atoms with Gasteiger partial charge in [-0.1, -0.05) is 71.4 Å². The third kappa shape index (κ3) is 18.0. The van der Waals surface area contributed by atoms with E-state index in [0.717, 1.165) is 21.9 Å². The van der Waals surface area contributed by atoms with E-state index in [1.807, 2.05) is 70.3 Å². The quantitative estimate of drug-likeness (QED) is 0.0582. The molecule has 404 valence electrons. The van der Waals surface area contributed by atoms with E-state index in [1.54, 1.807) is 44.0 Å². The zero-order valence-electron chi connectivity index (χ0n) is 44.4. The highest BCUT2D eigenvalue weighted by Crippen LogP contribution is 2.31. The number of ether oxygens (including phenoxy) is 5. The van der Waals surface area contributed by atoms with Crippen LogP contribution in [0.25, 0.3) is 0 Å². The lowest BCUT2D eigenvalue weighted by molar-refractivity contribution is -0.147. The topological polar surface area (TPSA) is 225 Å². The Balaban J connectivity index is 1.29. The summed E-state index contributed by atoms with van der Waals surface area (Å²) in [5.41, 5.74) is -0.318. The van der Waals surface area contributed by atoms with E-state index in [2.05, 4.69) is 20.6 Å². The molecular weight excluding hydrogens is 959 g/mol. The Kier molecular flexibility index (Phi) is 24.9. The van der Waals surface area contributed by atoms with Crippen LogP contribution in [0.15, 0.2) is 59.1 Å². The molecule has 2 aliphatic rings. The van der Waals surface area contributed by atoms with Crippen LogP contribution in [0.3, 0.4) is 0 Å². The van der Waals surface area contributed by atoms with Crippen molar-refractivity contribution < 1.29 is 57.2 Å². The maximum absolute atomic E-state index is 14.5. The molecule has 2 N–H and O–H groups in total. The number of imide groups is 1. The number of aromatic nitrogens is 1. The molecule has 73 heavy (non-hydrogen) atoms. The first-order valence-corrected chi connectivity index (χ1v) is 26.2. The Morgan fingerprint density at radius 3 is 2.16 bits per heavy atom. The molecule has 2 aromatic rings. The van der Waals surface area contributed by atoms with Gasteiger partial charge in [0.05, 0.1) is 94.8 Å². The number of likely N-dealkylation sites (N-methyl/N-ethyl adjacent to an activating group) is 1. The van der Waals surface area contributed by atoms with Crippen LogP contribution in [-0.4, -0.2) is 171 Å². The van der Waals surface area contributed by atoms with Gasteiger partial charge in [0.25, 0.3) is 17.7 Å². The second kappa shape index (κ2) is 30.2. The second-order valence-corrected chi connectivity index (χ2v) is 20.4. The fraction of sp³-hybridized carbons (Fsp3) is 0.642. The van der Waals surface area contributed by atoms with Gasteiger partial charge in [-0.3, -0.25) is 38.5 Å². The zero-order valence-corrected chi connectivity index (χ0v) is 45.2. The minimum atomic E-state index is -1.39. The van der Waals surface area contributed by atoms with Crippen LogP contribution in [0.2, 0.25) is 0 Å². The molecule has 1 saturated heterocycles. The first-order valence-electron chi connectivity index (χ1n) is 25.4. The molecule has 0 bridgehead atoms. The smallest absolute Gasteiger partial charge is 0.270 e. The van der Waals surface area contributed by atoms with Crippen LogP contribution in [0.5, 0.6) is 0 Å². The number of amides is 7. The number of hydrogen-bond donors (Lipinski definition) is 2. The number of nitrogens with zero attached hydrogens (tertiary/aromatic N) is 5. The summed E-state index contributed by atoms with van der Waals surface area (Å²) in [4.78, 5) is 106. The molecule has 1 aromatic carbocycles. The van der Waals surface area contributed by atoms with E-state index in [4.69, 9.17) is 23.7 Å². The summed E-state index contributed by atoms with van der Waals surface area (Å²) in [7, 11) is 4.80. The van der Waals surface area contributed by atoms with Crippen LogP contribution < -0.4 is 10.6 Å². The molecule has 8 atom stereocenters. The number of hydrogen-bond acceptors (Lipinski definition) is 14. The van der Waals surface area contributed by atoms with E-state index >= 15 is 0 Å². The fourth-order valence-corrected chi connectivity index (χ4v) is 9.80. The summed E-state index contributed by atoms with van der Waals surface area (Å²) in [6, 6.07) is 8.70. The second-order valence-electron chi connectivity index (χ2n) is 19.5. The van der Waals surface area contributed by atoms with Crippen LogP contribution >= 0.6 is 11.3 Å². The van der Waals surface area contributed by atoms with E-state index in [-0.39, 0.29) is 112 Å². The summed E-state index contributed by atoms with van der Waals surface area (Å²) in [6.45, 7) is 14.6. The third-order valence-corrected chi connectivity index (χ3v) is 14.4. The van der Waals surface area contributed by atoms with Crippen LogP contribution in [0.1, 0.15) is 97.2 Å². The number of likely N-dealkylation sites (tertiary alicyclic amines) is 1. The number of benzene rings is 1. The molecular formula is C53H79N7O12S. The maximum atomic E-state index is 14.5. The Bertz CT molecular complexity index is 2140. The number of aliphatic imine (C=N–C) groups is 1. The standard InChI is InChI=1S/C53H79N7O12S/c1-11-36(4)47(42(68-9)33-46(64)59-23-15-18-41(59)48(69-10)37(5)49(65)56-40(50-54-22-31-73-50)32-38-16-13-12-14-17-38)58(8)51(66)39(35(2)3)34-55-52(67)53(6,7)57-43(61)21-25-70-27-29-72-30-28-71-26-24-60-44(62)19-20-45(60)63/h12-14,16-17,19-20,22,31,34-37,39-42,47-48H,11,15,18,21,23-30,32-33H2,1-10H3,(H,56,65)(H,57,61)/b55-34+/t36-,37+,39?,40-,41-,42+,47-,48+/m0/s1. The van der Waals surface area contributed by atoms with Gasteiger partial charge in [0, 0.05) is 64.2 Å². The average Bonchev–Trinajstić information content (AvgIpc) is 4.15. The molecule has 2 aliphatic heterocycles. The van der Waals surface area contributed by atoms with Crippen molar-refractivity contribution in [2.24, 2.45) is 28.7 Å². The lowest BCUT2D eigenvalue weighted by Crippen LogP contribution is -2.54. The Hall–Kier alpha value is -5.25. The summed E-state index contributed by atoms with van der Waals surface area (Å²) in [6.07, 6.45) is 6.85. The van der Waals surface area contributed by atoms with E-state index in [9.17, 15) is 33.6 Å². The Morgan fingerprint density at radius 2 is 1.58 bits per heavy atom. The van der Waals surface area contributed by atoms with Crippen molar-refractivity contribution in [1.29, 1.82) is 0 Å². The average molecular weight is 1040 g/mol. The van der Waals surface area contributed by atoms with Crippen molar-refractivity contribution in [1.82, 2.24) is 30.3 Å². The van der Waals surface area contributed by atoms with Crippen LogP contribution in [0, 0.1) is 23.7 Å². The molecule has 20 heteroatoms. The van der Waals surface area contributed by atoms with Gasteiger partial charge in [-0.25, -0.2) is 9.98 Å². The van der Waals surface area contributed by atoms with Gasteiger partial charge in [-0.15, -0.1) is 11.3 Å². The molecule has 19 nitrogen and oxygen atoms in total. The maximum Gasteiger partial charge on any atom is 0.270 e. The first-order chi connectivity index (χ1) is 34.8. The van der Waals surface area contributed by atoms with Gasteiger partial charge in [0.1, 0.15) is 10.5 Å². The van der Waals surface area contributed by atoms with Crippen molar-refractivity contribution in [3.63, 3.8) is 0 Å². The monoisotopic (exact) mass is 1040 g/mol. The molecule has 7 amide bonds. The molecule has 4 rings (SSSR count). The predicted octanol–water partition coefficient (Wildman–Crippen LogP) is 4.59. The van der Waals surface area contributed by atoms with Gasteiger partial charge >= 0.3 is 0 Å². The van der Waals surface area contributed by atoms with E-state index in [1.165, 1.54) is 36.8 Å². The highest BCUT2D eigenvalue weighted by molar-refractivity contribution is 7.09. The van der Waals surface area contributed by atoms with Crippen molar-refractivity contribution in [2.45, 2.75) is 123 Å². The van der Waals surface area contributed by atoms with Crippen LogP contribution in [-0.2, 0) is 63.7 Å². The van der Waals surface area contributed by atoms with Gasteiger partial charge < -0.3 is 44.1 Å². The number of nitrogens with one attached hydrogen (secondary N) is 2. The number of carbonyl (C=O) groups is 7. The minimum Gasteiger partial charge on any atom is -0.379 e. The minimum absolute atomic E-state index is 0.0174. The predicted molar refractivity (Wildman–Crippen MR) is 276 cm³/mol. The van der Waals surface area contributed by atoms with Gasteiger partial charge in [-0.2, -0.15) is 0 Å². The van der Waals surface area contributed by atoms with Crippen molar-refractivity contribution in [3.8, 4) is 0 Å². The Morgan fingerprint density at radius 1 is 0.932 bits per heavy atom. The SMILES string of the molecule is CC[C@H](C)[C@@H]([C@@H](CC(=O)N1CCC[C@H]1[C@H](OC)[C@@H](C)C(=O)N[C@@H](Cc1ccccc1)c1nccs1)OC)N(C)C(=O)C(/C=N/C(=O)C(C)(C)NC(=O)CCOCCOCCOCCN1C(=O)C=CC1=O)C(C)C. The summed E-state index contributed by atoms with van der Waals surface area (Å²) >= 11 is 1.48. The van der Waals surface area contributed by atoms with E-state index < -0.39 is 47.4 Å². The number of methoxy groups -OCH3 is 2. The summed E-state index contributed by atoms with van der Waals surface area (Å²) < 4.78 is 28.5. The van der Waals surface area contributed by atoms with Gasteiger partial charge in [-0.05, 0) is 50.5 Å². The highest BCUT2D eigenvalue weighted by atomic mass is 32.1. The van der Waals surface area contributed by atoms with Crippen molar-refractivity contribution in [2.75, 3.05) is 74.0 Å². The summed E-state index contributed by atoms with van der Waals surface area (Å²) in [5, 5.41) is 8.62.